The molecule has 0 radical (unpaired) electrons. The number of rotatable bonds is 6. The number of anilines is 2. The first-order valence-corrected chi connectivity index (χ1v) is 11.0. The topological polar surface area (TPSA) is 52.7 Å². The maximum absolute atomic E-state index is 12.6. The maximum atomic E-state index is 12.6. The zero-order valence-electron chi connectivity index (χ0n) is 18.9. The van der Waals surface area contributed by atoms with Crippen molar-refractivity contribution in [2.45, 2.75) is 26.3 Å². The van der Waals surface area contributed by atoms with Gasteiger partial charge in [0.1, 0.15) is 0 Å². The van der Waals surface area contributed by atoms with Crippen LogP contribution in [0.15, 0.2) is 66.7 Å². The van der Waals surface area contributed by atoms with Crippen molar-refractivity contribution in [1.29, 1.82) is 0 Å². The molecule has 0 spiro atoms. The minimum absolute atomic E-state index is 0.0871. The number of hydrogen-bond acceptors (Lipinski definition) is 3. The standard InChI is InChI=1S/C27H29N3O2/c1-4-26(31)30-16-15-23-17-22(11-14-25(23)30)20-7-9-21(10-8-20)27(32)28-18-19-5-12-24(13-6-19)29(2)3/h5-14,17H,4,15-16,18H2,1-3H3,(H,28,32). The number of carbonyl (C=O) groups excluding carboxylic acids is 2. The second-order valence-corrected chi connectivity index (χ2v) is 8.31. The van der Waals surface area contributed by atoms with E-state index < -0.39 is 0 Å². The molecule has 5 heteroatoms. The van der Waals surface area contributed by atoms with Crippen molar-refractivity contribution in [2.24, 2.45) is 0 Å². The van der Waals surface area contributed by atoms with Crippen molar-refractivity contribution >= 4 is 23.2 Å². The SMILES string of the molecule is CCC(=O)N1CCc2cc(-c3ccc(C(=O)NCc4ccc(N(C)C)cc4)cc3)ccc21. The van der Waals surface area contributed by atoms with E-state index >= 15 is 0 Å². The maximum Gasteiger partial charge on any atom is 0.251 e. The Balaban J connectivity index is 1.41. The lowest BCUT2D eigenvalue weighted by Gasteiger charge is -2.16. The van der Waals surface area contributed by atoms with Crippen LogP contribution in [-0.4, -0.2) is 32.5 Å². The molecule has 3 aromatic carbocycles. The number of carbonyl (C=O) groups is 2. The van der Waals surface area contributed by atoms with E-state index in [1.54, 1.807) is 0 Å². The lowest BCUT2D eigenvalue weighted by molar-refractivity contribution is -0.118. The zero-order chi connectivity index (χ0) is 22.7. The Hall–Kier alpha value is -3.60. The van der Waals surface area contributed by atoms with Gasteiger partial charge in [-0.25, -0.2) is 0 Å². The fraction of sp³-hybridized carbons (Fsp3) is 0.259. The highest BCUT2D eigenvalue weighted by atomic mass is 16.2. The summed E-state index contributed by atoms with van der Waals surface area (Å²) in [5, 5.41) is 2.99. The van der Waals surface area contributed by atoms with Gasteiger partial charge in [0, 0.05) is 50.5 Å². The number of benzene rings is 3. The van der Waals surface area contributed by atoms with E-state index in [4.69, 9.17) is 0 Å². The second kappa shape index (κ2) is 9.27. The van der Waals surface area contributed by atoms with Gasteiger partial charge in [0.25, 0.3) is 5.91 Å². The first-order valence-electron chi connectivity index (χ1n) is 11.0. The molecule has 0 aromatic heterocycles. The molecule has 0 saturated heterocycles. The Morgan fingerprint density at radius 1 is 0.938 bits per heavy atom. The molecule has 4 rings (SSSR count). The fourth-order valence-corrected chi connectivity index (χ4v) is 4.04. The average molecular weight is 428 g/mol. The summed E-state index contributed by atoms with van der Waals surface area (Å²) in [6, 6.07) is 22.1. The minimum atomic E-state index is -0.0871. The van der Waals surface area contributed by atoms with Crippen molar-refractivity contribution in [3.63, 3.8) is 0 Å². The summed E-state index contributed by atoms with van der Waals surface area (Å²) in [7, 11) is 4.01. The molecule has 32 heavy (non-hydrogen) atoms. The summed E-state index contributed by atoms with van der Waals surface area (Å²) in [5.41, 5.74) is 7.22. The Bertz CT molecular complexity index is 1120. The molecule has 164 valence electrons. The highest BCUT2D eigenvalue weighted by Crippen LogP contribution is 2.32. The third-order valence-corrected chi connectivity index (χ3v) is 5.96. The van der Waals surface area contributed by atoms with Gasteiger partial charge >= 0.3 is 0 Å². The van der Waals surface area contributed by atoms with Gasteiger partial charge in [0.15, 0.2) is 0 Å². The molecular formula is C27H29N3O2. The molecule has 0 fully saturated rings. The molecule has 3 aromatic rings. The van der Waals surface area contributed by atoms with Crippen LogP contribution in [0.25, 0.3) is 11.1 Å². The highest BCUT2D eigenvalue weighted by molar-refractivity contribution is 5.96. The number of hydrogen-bond donors (Lipinski definition) is 1. The van der Waals surface area contributed by atoms with Crippen molar-refractivity contribution in [1.82, 2.24) is 5.32 Å². The smallest absolute Gasteiger partial charge is 0.251 e. The molecular weight excluding hydrogens is 398 g/mol. The van der Waals surface area contributed by atoms with Crippen LogP contribution in [0.5, 0.6) is 0 Å². The summed E-state index contributed by atoms with van der Waals surface area (Å²) < 4.78 is 0. The Labute approximate surface area is 189 Å². The van der Waals surface area contributed by atoms with Crippen molar-refractivity contribution in [3.05, 3.63) is 83.4 Å². The monoisotopic (exact) mass is 427 g/mol. The molecule has 1 N–H and O–H groups in total. The molecule has 0 atom stereocenters. The molecule has 0 aliphatic carbocycles. The molecule has 1 aliphatic heterocycles. The second-order valence-electron chi connectivity index (χ2n) is 8.31. The van der Waals surface area contributed by atoms with E-state index in [1.165, 1.54) is 5.56 Å². The predicted octanol–water partition coefficient (Wildman–Crippen LogP) is 4.65. The van der Waals surface area contributed by atoms with E-state index in [1.807, 2.05) is 91.5 Å². The van der Waals surface area contributed by atoms with Crippen LogP contribution in [0.1, 0.15) is 34.8 Å². The first-order chi connectivity index (χ1) is 15.5. The van der Waals surface area contributed by atoms with Gasteiger partial charge in [0.05, 0.1) is 0 Å². The van der Waals surface area contributed by atoms with Gasteiger partial charge in [-0.15, -0.1) is 0 Å². The van der Waals surface area contributed by atoms with Gasteiger partial charge < -0.3 is 15.1 Å². The molecule has 0 saturated carbocycles. The van der Waals surface area contributed by atoms with Crippen molar-refractivity contribution in [3.8, 4) is 11.1 Å². The van der Waals surface area contributed by atoms with Crippen LogP contribution in [0.2, 0.25) is 0 Å². The summed E-state index contributed by atoms with van der Waals surface area (Å²) in [4.78, 5) is 28.6. The Morgan fingerprint density at radius 2 is 1.62 bits per heavy atom. The Kier molecular flexibility index (Phi) is 6.26. The van der Waals surface area contributed by atoms with Gasteiger partial charge in [-0.3, -0.25) is 9.59 Å². The molecule has 0 bridgehead atoms. The third kappa shape index (κ3) is 4.52. The van der Waals surface area contributed by atoms with Crippen LogP contribution in [0.4, 0.5) is 11.4 Å². The normalized spacial score (nSPS) is 12.4. The largest absolute Gasteiger partial charge is 0.378 e. The minimum Gasteiger partial charge on any atom is -0.378 e. The number of fused-ring (bicyclic) bond motifs is 1. The summed E-state index contributed by atoms with van der Waals surface area (Å²) >= 11 is 0. The molecule has 2 amide bonds. The molecule has 0 unspecified atom stereocenters. The molecule has 5 nitrogen and oxygen atoms in total. The van der Waals surface area contributed by atoms with Gasteiger partial charge in [-0.2, -0.15) is 0 Å². The third-order valence-electron chi connectivity index (χ3n) is 5.96. The number of nitrogens with zero attached hydrogens (tertiary/aromatic N) is 2. The van der Waals surface area contributed by atoms with Gasteiger partial charge in [-0.05, 0) is 65.1 Å². The molecule has 1 heterocycles. The average Bonchev–Trinajstić information content (AvgIpc) is 3.25. The van der Waals surface area contributed by atoms with Crippen molar-refractivity contribution in [2.75, 3.05) is 30.4 Å². The fourth-order valence-electron chi connectivity index (χ4n) is 4.04. The highest BCUT2D eigenvalue weighted by Gasteiger charge is 2.23. The lowest BCUT2D eigenvalue weighted by atomic mass is 10.0. The Morgan fingerprint density at radius 3 is 2.28 bits per heavy atom. The summed E-state index contributed by atoms with van der Waals surface area (Å²) in [5.74, 6) is 0.0800. The van der Waals surface area contributed by atoms with Gasteiger partial charge in [-0.1, -0.05) is 37.3 Å². The first kappa shape index (κ1) is 21.6. The van der Waals surface area contributed by atoms with E-state index in [0.29, 0.717) is 18.5 Å². The van der Waals surface area contributed by atoms with Crippen LogP contribution in [0, 0.1) is 0 Å². The molecule has 1 aliphatic rings. The zero-order valence-corrected chi connectivity index (χ0v) is 18.9. The number of amides is 2. The van der Waals surface area contributed by atoms with Crippen LogP contribution in [-0.2, 0) is 17.8 Å². The summed E-state index contributed by atoms with van der Waals surface area (Å²) in [6.07, 6.45) is 1.40. The predicted molar refractivity (Wildman–Crippen MR) is 130 cm³/mol. The summed E-state index contributed by atoms with van der Waals surface area (Å²) in [6.45, 7) is 3.14. The van der Waals surface area contributed by atoms with E-state index in [0.717, 1.165) is 41.0 Å². The van der Waals surface area contributed by atoms with E-state index in [-0.39, 0.29) is 11.8 Å². The van der Waals surface area contributed by atoms with Crippen LogP contribution >= 0.6 is 0 Å². The van der Waals surface area contributed by atoms with Gasteiger partial charge in [0.2, 0.25) is 5.91 Å². The van der Waals surface area contributed by atoms with E-state index in [9.17, 15) is 9.59 Å². The van der Waals surface area contributed by atoms with Crippen LogP contribution in [0.3, 0.4) is 0 Å². The number of nitrogens with one attached hydrogen (secondary N) is 1. The quantitative estimate of drug-likeness (QED) is 0.623. The lowest BCUT2D eigenvalue weighted by Crippen LogP contribution is -2.27. The van der Waals surface area contributed by atoms with E-state index in [2.05, 4.69) is 11.4 Å². The van der Waals surface area contributed by atoms with Crippen molar-refractivity contribution < 1.29 is 9.59 Å². The van der Waals surface area contributed by atoms with Crippen LogP contribution < -0.4 is 15.1 Å².